The summed E-state index contributed by atoms with van der Waals surface area (Å²) < 4.78 is 14.0. The van der Waals surface area contributed by atoms with Crippen molar-refractivity contribution in [3.63, 3.8) is 0 Å². The van der Waals surface area contributed by atoms with E-state index in [1.807, 2.05) is 18.4 Å². The molecular weight excluding hydrogens is 306 g/mol. The molecule has 4 heterocycles. The van der Waals surface area contributed by atoms with Crippen molar-refractivity contribution in [3.05, 3.63) is 12.7 Å². The van der Waals surface area contributed by atoms with E-state index in [1.165, 1.54) is 6.33 Å². The van der Waals surface area contributed by atoms with E-state index < -0.39 is 17.5 Å². The Morgan fingerprint density at radius 1 is 1.36 bits per heavy atom. The Labute approximate surface area is 130 Å². The molecule has 3 aliphatic rings. The molecule has 0 bridgehead atoms. The van der Waals surface area contributed by atoms with Gasteiger partial charge in [-0.2, -0.15) is 0 Å². The van der Waals surface area contributed by atoms with Crippen molar-refractivity contribution in [3.8, 4) is 0 Å². The molecule has 0 amide bonds. The Morgan fingerprint density at radius 2 is 2.18 bits per heavy atom. The molecule has 0 radical (unpaired) electrons. The Kier molecular flexibility index (Phi) is 2.21. The standard InChI is InChI=1S/C13H15N5O3S/c1-12(2)20-7-11(22-8-6(19)13(7,8)21-12)18-4-17-5-9(14)15-3-16-10(5)18/h3-4,6-8,11,19H,1-2H3,(H2,14,15,16)/t6?,7-,8+,11+,13-/m0/s1. The van der Waals surface area contributed by atoms with Gasteiger partial charge in [-0.25, -0.2) is 15.0 Å². The fraction of sp³-hybridized carbons (Fsp3) is 0.615. The second kappa shape index (κ2) is 3.73. The van der Waals surface area contributed by atoms with Crippen molar-refractivity contribution in [2.75, 3.05) is 5.73 Å². The molecule has 1 saturated carbocycles. The molecule has 116 valence electrons. The van der Waals surface area contributed by atoms with Crippen LogP contribution in [-0.4, -0.2) is 53.5 Å². The van der Waals surface area contributed by atoms with Gasteiger partial charge in [-0.15, -0.1) is 11.8 Å². The van der Waals surface area contributed by atoms with Crippen molar-refractivity contribution in [1.82, 2.24) is 19.5 Å². The summed E-state index contributed by atoms with van der Waals surface area (Å²) in [5.74, 6) is -0.347. The summed E-state index contributed by atoms with van der Waals surface area (Å²) in [6.07, 6.45) is 2.39. The van der Waals surface area contributed by atoms with Crippen LogP contribution in [0.5, 0.6) is 0 Å². The summed E-state index contributed by atoms with van der Waals surface area (Å²) >= 11 is 1.63. The van der Waals surface area contributed by atoms with Crippen LogP contribution in [0, 0.1) is 0 Å². The first-order valence-electron chi connectivity index (χ1n) is 7.08. The summed E-state index contributed by atoms with van der Waals surface area (Å²) in [6, 6.07) is 0. The van der Waals surface area contributed by atoms with Crippen LogP contribution < -0.4 is 5.73 Å². The molecule has 1 spiro atoms. The minimum Gasteiger partial charge on any atom is -0.389 e. The number of hydrogen-bond donors (Lipinski definition) is 2. The zero-order valence-corrected chi connectivity index (χ0v) is 12.8. The molecule has 2 aromatic heterocycles. The lowest BCUT2D eigenvalue weighted by Gasteiger charge is -2.23. The largest absolute Gasteiger partial charge is 0.389 e. The molecule has 1 aliphatic carbocycles. The van der Waals surface area contributed by atoms with E-state index in [4.69, 9.17) is 15.2 Å². The van der Waals surface area contributed by atoms with Crippen LogP contribution in [0.25, 0.3) is 11.2 Å². The van der Waals surface area contributed by atoms with Crippen molar-refractivity contribution in [2.24, 2.45) is 0 Å². The van der Waals surface area contributed by atoms with Crippen LogP contribution in [0.15, 0.2) is 12.7 Å². The van der Waals surface area contributed by atoms with Gasteiger partial charge in [0.05, 0.1) is 11.6 Å². The lowest BCUT2D eigenvalue weighted by molar-refractivity contribution is -0.154. The third-order valence-electron chi connectivity index (χ3n) is 4.57. The van der Waals surface area contributed by atoms with Crippen LogP contribution >= 0.6 is 11.8 Å². The summed E-state index contributed by atoms with van der Waals surface area (Å²) in [4.78, 5) is 12.6. The SMILES string of the molecule is CC1(C)O[C@H]2[C@H](n3cnc4c(N)ncnc43)S[C@@H]3C(O)[C@@]32O1. The highest BCUT2D eigenvalue weighted by atomic mass is 32.2. The highest BCUT2D eigenvalue weighted by Gasteiger charge is 2.82. The summed E-state index contributed by atoms with van der Waals surface area (Å²) in [5.41, 5.74) is 6.48. The zero-order valence-electron chi connectivity index (χ0n) is 12.0. The van der Waals surface area contributed by atoms with Crippen LogP contribution in [-0.2, 0) is 9.47 Å². The monoisotopic (exact) mass is 321 g/mol. The third kappa shape index (κ3) is 1.38. The van der Waals surface area contributed by atoms with E-state index in [0.29, 0.717) is 17.0 Å². The smallest absolute Gasteiger partial charge is 0.166 e. The lowest BCUT2D eigenvalue weighted by atomic mass is 10.1. The average molecular weight is 321 g/mol. The number of aliphatic hydroxyl groups excluding tert-OH is 1. The molecule has 2 saturated heterocycles. The van der Waals surface area contributed by atoms with Crippen LogP contribution in [0.3, 0.4) is 0 Å². The van der Waals surface area contributed by atoms with E-state index in [-0.39, 0.29) is 16.7 Å². The second-order valence-electron chi connectivity index (χ2n) is 6.37. The number of hydrogen-bond acceptors (Lipinski definition) is 8. The molecule has 5 rings (SSSR count). The number of fused-ring (bicyclic) bond motifs is 1. The first-order valence-corrected chi connectivity index (χ1v) is 8.03. The Balaban J connectivity index is 1.61. The van der Waals surface area contributed by atoms with Gasteiger partial charge in [0.2, 0.25) is 0 Å². The zero-order chi connectivity index (χ0) is 15.3. The fourth-order valence-electron chi connectivity index (χ4n) is 3.64. The van der Waals surface area contributed by atoms with E-state index in [1.54, 1.807) is 18.1 Å². The van der Waals surface area contributed by atoms with Gasteiger partial charge in [0, 0.05) is 0 Å². The topological polar surface area (TPSA) is 108 Å². The van der Waals surface area contributed by atoms with Gasteiger partial charge in [-0.05, 0) is 13.8 Å². The fourth-order valence-corrected chi connectivity index (χ4v) is 5.45. The van der Waals surface area contributed by atoms with Gasteiger partial charge >= 0.3 is 0 Å². The number of rotatable bonds is 1. The maximum absolute atomic E-state index is 10.2. The van der Waals surface area contributed by atoms with Crippen molar-refractivity contribution in [2.45, 2.75) is 48.1 Å². The van der Waals surface area contributed by atoms with Crippen molar-refractivity contribution in [1.29, 1.82) is 0 Å². The van der Waals surface area contributed by atoms with Gasteiger partial charge in [-0.1, -0.05) is 0 Å². The maximum Gasteiger partial charge on any atom is 0.166 e. The van der Waals surface area contributed by atoms with Crippen molar-refractivity contribution < 1.29 is 14.6 Å². The first kappa shape index (κ1) is 13.1. The molecule has 0 aromatic carbocycles. The highest BCUT2D eigenvalue weighted by Crippen LogP contribution is 2.69. The second-order valence-corrected chi connectivity index (χ2v) is 7.63. The number of thioether (sulfide) groups is 1. The summed E-state index contributed by atoms with van der Waals surface area (Å²) in [5, 5.41) is 10.2. The van der Waals surface area contributed by atoms with Crippen LogP contribution in [0.4, 0.5) is 5.82 Å². The van der Waals surface area contributed by atoms with Gasteiger partial charge in [0.15, 0.2) is 17.3 Å². The van der Waals surface area contributed by atoms with E-state index >= 15 is 0 Å². The number of nitrogen functional groups attached to an aromatic ring is 1. The van der Waals surface area contributed by atoms with Gasteiger partial charge < -0.3 is 20.3 Å². The predicted molar refractivity (Wildman–Crippen MR) is 78.9 cm³/mol. The van der Waals surface area contributed by atoms with Gasteiger partial charge in [0.25, 0.3) is 0 Å². The molecule has 2 aromatic rings. The van der Waals surface area contributed by atoms with E-state index in [9.17, 15) is 5.11 Å². The average Bonchev–Trinajstić information content (AvgIpc) is 2.85. The Bertz CT molecular complexity index is 795. The number of anilines is 1. The minimum absolute atomic E-state index is 0.0147. The van der Waals surface area contributed by atoms with Crippen LogP contribution in [0.1, 0.15) is 19.2 Å². The molecule has 3 N–H and O–H groups in total. The predicted octanol–water partition coefficient (Wildman–Crippen LogP) is 0.287. The van der Waals surface area contributed by atoms with Crippen LogP contribution in [0.2, 0.25) is 0 Å². The number of aromatic nitrogens is 4. The molecular formula is C13H15N5O3S. The van der Waals surface area contributed by atoms with Crippen molar-refractivity contribution >= 4 is 28.7 Å². The number of imidazole rings is 1. The first-order chi connectivity index (χ1) is 10.4. The van der Waals surface area contributed by atoms with Gasteiger partial charge in [0.1, 0.15) is 35.0 Å². The quantitative estimate of drug-likeness (QED) is 0.771. The van der Waals surface area contributed by atoms with E-state index in [2.05, 4.69) is 15.0 Å². The molecule has 5 atom stereocenters. The molecule has 3 fully saturated rings. The third-order valence-corrected chi connectivity index (χ3v) is 6.24. The Hall–Kier alpha value is -1.42. The molecule has 9 heteroatoms. The number of nitrogens with zero attached hydrogens (tertiary/aromatic N) is 4. The number of nitrogens with two attached hydrogens (primary N) is 1. The summed E-state index contributed by atoms with van der Waals surface area (Å²) in [7, 11) is 0. The summed E-state index contributed by atoms with van der Waals surface area (Å²) in [6.45, 7) is 3.74. The molecule has 8 nitrogen and oxygen atoms in total. The number of aliphatic hydroxyl groups is 1. The number of ether oxygens (including phenoxy) is 2. The maximum atomic E-state index is 10.2. The minimum atomic E-state index is -0.704. The Morgan fingerprint density at radius 3 is 3.00 bits per heavy atom. The van der Waals surface area contributed by atoms with Gasteiger partial charge in [-0.3, -0.25) is 4.57 Å². The van der Waals surface area contributed by atoms with E-state index in [0.717, 1.165) is 0 Å². The lowest BCUT2D eigenvalue weighted by Crippen LogP contribution is -2.33. The molecule has 1 unspecified atom stereocenters. The molecule has 2 aliphatic heterocycles. The normalized spacial score (nSPS) is 41.6. The molecule has 22 heavy (non-hydrogen) atoms. The highest BCUT2D eigenvalue weighted by molar-refractivity contribution is 8.00.